The first-order chi connectivity index (χ1) is 24.5. The van der Waals surface area contributed by atoms with Gasteiger partial charge in [0.15, 0.2) is 24.6 Å². The summed E-state index contributed by atoms with van der Waals surface area (Å²) in [6, 6.07) is 4.40. The van der Waals surface area contributed by atoms with Gasteiger partial charge in [0.1, 0.15) is 29.0 Å². The number of carbonyl (C=O) groups excluding carboxylic acids is 3. The Morgan fingerprint density at radius 3 is 2.51 bits per heavy atom. The van der Waals surface area contributed by atoms with Crippen LogP contribution in [0.15, 0.2) is 18.2 Å². The molecule has 272 valence electrons. The molecule has 15 heteroatoms. The Labute approximate surface area is 293 Å². The lowest BCUT2D eigenvalue weighted by Gasteiger charge is -2.57. The van der Waals surface area contributed by atoms with Crippen molar-refractivity contribution in [2.24, 2.45) is 5.41 Å². The van der Waals surface area contributed by atoms with E-state index >= 15 is 0 Å². The van der Waals surface area contributed by atoms with Gasteiger partial charge in [0, 0.05) is 87.2 Å². The largest absolute Gasteiger partial charge is 0.507 e. The Balaban J connectivity index is 1.10. The Morgan fingerprint density at radius 2 is 1.80 bits per heavy atom. The van der Waals surface area contributed by atoms with Crippen molar-refractivity contribution in [2.75, 3.05) is 53.6 Å². The quantitative estimate of drug-likeness (QED) is 0.270. The van der Waals surface area contributed by atoms with Crippen LogP contribution >= 0.6 is 0 Å². The molecule has 5 aliphatic heterocycles. The molecule has 2 aliphatic carbocycles. The van der Waals surface area contributed by atoms with E-state index in [1.54, 1.807) is 18.1 Å². The molecular weight excluding hydrogens is 666 g/mol. The van der Waals surface area contributed by atoms with E-state index in [1.807, 2.05) is 6.92 Å². The number of morpholine rings is 1. The first kappa shape index (κ1) is 33.2. The zero-order valence-electron chi connectivity index (χ0n) is 28.5. The first-order valence-electron chi connectivity index (χ1n) is 17.4. The Morgan fingerprint density at radius 1 is 1.04 bits per heavy atom. The van der Waals surface area contributed by atoms with Crippen LogP contribution < -0.4 is 10.1 Å². The number of phenolic OH excluding ortho intramolecular Hbond substituents is 2. The monoisotopic (exact) mass is 707 g/mol. The van der Waals surface area contributed by atoms with Gasteiger partial charge >= 0.3 is 0 Å². The van der Waals surface area contributed by atoms with Gasteiger partial charge in [0.2, 0.25) is 5.78 Å². The first-order valence-corrected chi connectivity index (χ1v) is 17.4. The number of phenols is 2. The second-order valence-electron chi connectivity index (χ2n) is 15.0. The van der Waals surface area contributed by atoms with Crippen molar-refractivity contribution in [2.45, 2.75) is 74.9 Å². The minimum atomic E-state index is -2.06. The number of likely N-dealkylation sites (tertiary alicyclic amines) is 1. The second kappa shape index (κ2) is 11.7. The number of nitrogens with zero attached hydrogens (tertiary/aromatic N) is 2. The fourth-order valence-electron chi connectivity index (χ4n) is 9.40. The van der Waals surface area contributed by atoms with Crippen molar-refractivity contribution >= 4 is 17.5 Å². The van der Waals surface area contributed by atoms with E-state index < -0.39 is 77.6 Å². The standard InChI is InChI=1S/C36H41N3O12/c1-16-31-19(39-7-8-48-33(47-3)32(39)51-31)9-22(49-16)50-21-11-36(45,34(44)38-14-35(15-38)12-37-13-35)10-18-24(21)30(43)26-25(28(18)41)27(40)17-5-4-6-20(46-2)23(17)29(26)42/h4-6,16,19,21-22,31-33,37,41,43,45H,7-15H2,1-3H3/t16-,19-,21-,22-,31+,32+,33-,36-/m0/s1. The van der Waals surface area contributed by atoms with Crippen LogP contribution in [0.4, 0.5) is 0 Å². The van der Waals surface area contributed by atoms with Gasteiger partial charge in [-0.1, -0.05) is 12.1 Å². The van der Waals surface area contributed by atoms with Gasteiger partial charge < -0.3 is 54.0 Å². The fourth-order valence-corrected chi connectivity index (χ4v) is 9.40. The summed E-state index contributed by atoms with van der Waals surface area (Å²) in [4.78, 5) is 45.9. The van der Waals surface area contributed by atoms with E-state index in [1.165, 1.54) is 19.2 Å². The molecule has 1 amide bonds. The van der Waals surface area contributed by atoms with Crippen molar-refractivity contribution in [3.05, 3.63) is 51.6 Å². The summed E-state index contributed by atoms with van der Waals surface area (Å²) < 4.78 is 36.0. The third kappa shape index (κ3) is 4.76. The number of aromatic hydroxyl groups is 2. The van der Waals surface area contributed by atoms with Gasteiger partial charge in [-0.2, -0.15) is 0 Å². The SMILES string of the molecule is COc1cccc2c1C(=O)c1c(O)c3c(c(O)c1C2=O)C[C@@](O)(C(=O)N1CC2(CNC2)C1)C[C@@H]3O[C@H]1C[C@H]2[C@H](O[C@@H]3[C@@H](OC)OCCN32)[C@H](C)O1. The molecule has 0 radical (unpaired) electrons. The van der Waals surface area contributed by atoms with Gasteiger partial charge in [-0.25, -0.2) is 0 Å². The van der Waals surface area contributed by atoms with E-state index in [4.69, 9.17) is 28.4 Å². The van der Waals surface area contributed by atoms with Gasteiger partial charge in [-0.3, -0.25) is 19.3 Å². The number of benzene rings is 2. The molecule has 4 N–H and O–H groups in total. The number of fused-ring (bicyclic) bond motifs is 6. The lowest BCUT2D eigenvalue weighted by Crippen LogP contribution is -2.74. The van der Waals surface area contributed by atoms with E-state index in [9.17, 15) is 29.7 Å². The molecule has 0 saturated carbocycles. The smallest absolute Gasteiger partial charge is 0.255 e. The van der Waals surface area contributed by atoms with Gasteiger partial charge in [0.05, 0.1) is 42.6 Å². The lowest BCUT2D eigenvalue weighted by molar-refractivity contribution is -0.256. The third-order valence-corrected chi connectivity index (χ3v) is 11.9. The molecule has 0 unspecified atom stereocenters. The van der Waals surface area contributed by atoms with E-state index in [0.29, 0.717) is 32.7 Å². The molecule has 15 nitrogen and oxygen atoms in total. The summed E-state index contributed by atoms with van der Waals surface area (Å²) in [6.45, 7) is 5.42. The molecule has 1 spiro atoms. The summed E-state index contributed by atoms with van der Waals surface area (Å²) in [6.07, 6.45) is -4.25. The molecule has 2 aromatic rings. The Kier molecular flexibility index (Phi) is 7.59. The van der Waals surface area contributed by atoms with Crippen molar-refractivity contribution in [3.63, 3.8) is 0 Å². The minimum Gasteiger partial charge on any atom is -0.507 e. The highest BCUT2D eigenvalue weighted by molar-refractivity contribution is 6.31. The Bertz CT molecular complexity index is 1840. The third-order valence-electron chi connectivity index (χ3n) is 11.9. The number of ketones is 2. The maximum Gasteiger partial charge on any atom is 0.255 e. The van der Waals surface area contributed by atoms with Crippen LogP contribution in [0.3, 0.4) is 0 Å². The lowest BCUT2D eigenvalue weighted by atomic mass is 9.70. The van der Waals surface area contributed by atoms with E-state index in [0.717, 1.165) is 13.1 Å². The predicted molar refractivity (Wildman–Crippen MR) is 173 cm³/mol. The molecule has 5 fully saturated rings. The number of carbonyl (C=O) groups is 3. The van der Waals surface area contributed by atoms with Crippen LogP contribution in [0.25, 0.3) is 0 Å². The van der Waals surface area contributed by atoms with Crippen LogP contribution in [0.2, 0.25) is 0 Å². The number of methoxy groups -OCH3 is 2. The average molecular weight is 708 g/mol. The van der Waals surface area contributed by atoms with Gasteiger partial charge in [0.25, 0.3) is 5.91 Å². The molecule has 5 saturated heterocycles. The second-order valence-corrected chi connectivity index (χ2v) is 15.0. The number of ether oxygens (including phenoxy) is 6. The van der Waals surface area contributed by atoms with Crippen LogP contribution in [-0.4, -0.2) is 139 Å². The van der Waals surface area contributed by atoms with Crippen molar-refractivity contribution in [3.8, 4) is 17.2 Å². The highest BCUT2D eigenvalue weighted by atomic mass is 16.7. The number of aliphatic hydroxyl groups is 1. The summed E-state index contributed by atoms with van der Waals surface area (Å²) >= 11 is 0. The maximum atomic E-state index is 14.1. The summed E-state index contributed by atoms with van der Waals surface area (Å²) in [5.74, 6) is -2.93. The summed E-state index contributed by atoms with van der Waals surface area (Å²) in [5, 5.41) is 39.3. The van der Waals surface area contributed by atoms with Gasteiger partial charge in [-0.05, 0) is 13.0 Å². The van der Waals surface area contributed by atoms with Crippen LogP contribution in [-0.2, 0) is 34.9 Å². The topological polar surface area (TPSA) is 186 Å². The van der Waals surface area contributed by atoms with Crippen LogP contribution in [0.5, 0.6) is 17.2 Å². The molecule has 51 heavy (non-hydrogen) atoms. The molecule has 8 atom stereocenters. The predicted octanol–water partition coefficient (Wildman–Crippen LogP) is 0.582. The molecular formula is C36H41N3O12. The van der Waals surface area contributed by atoms with E-state index in [-0.39, 0.29) is 57.5 Å². The van der Waals surface area contributed by atoms with Crippen molar-refractivity contribution in [1.29, 1.82) is 0 Å². The zero-order valence-corrected chi connectivity index (χ0v) is 28.5. The van der Waals surface area contributed by atoms with Crippen molar-refractivity contribution in [1.82, 2.24) is 15.1 Å². The molecule has 9 rings (SSSR count). The number of hydrogen-bond acceptors (Lipinski definition) is 14. The number of amides is 1. The minimum absolute atomic E-state index is 0.00601. The summed E-state index contributed by atoms with van der Waals surface area (Å²) in [5.41, 5.74) is -2.88. The maximum absolute atomic E-state index is 14.1. The van der Waals surface area contributed by atoms with Gasteiger partial charge in [-0.15, -0.1) is 0 Å². The van der Waals surface area contributed by atoms with Crippen LogP contribution in [0, 0.1) is 5.41 Å². The van der Waals surface area contributed by atoms with Crippen molar-refractivity contribution < 1.29 is 58.1 Å². The molecule has 0 aromatic heterocycles. The molecule has 5 heterocycles. The Hall–Kier alpha value is -3.67. The highest BCUT2D eigenvalue weighted by Crippen LogP contribution is 2.53. The fraction of sp³-hybridized carbons (Fsp3) is 0.583. The zero-order chi connectivity index (χ0) is 35.6. The highest BCUT2D eigenvalue weighted by Gasteiger charge is 2.58. The van der Waals surface area contributed by atoms with Crippen LogP contribution in [0.1, 0.15) is 68.8 Å². The normalized spacial score (nSPS) is 34.8. The molecule has 0 bridgehead atoms. The molecule has 7 aliphatic rings. The number of nitrogens with one attached hydrogen (secondary N) is 1. The van der Waals surface area contributed by atoms with E-state index in [2.05, 4.69) is 10.2 Å². The number of rotatable bonds is 5. The number of hydrogen-bond donors (Lipinski definition) is 4. The average Bonchev–Trinajstić information content (AvgIpc) is 3.46. The molecule has 2 aromatic carbocycles. The summed E-state index contributed by atoms with van der Waals surface area (Å²) in [7, 11) is 2.93.